The van der Waals surface area contributed by atoms with Crippen LogP contribution in [0.2, 0.25) is 10.0 Å². The molecule has 0 unspecified atom stereocenters. The number of nitriles is 1. The van der Waals surface area contributed by atoms with E-state index in [1.807, 2.05) is 6.07 Å². The van der Waals surface area contributed by atoms with Crippen molar-refractivity contribution in [1.82, 2.24) is 0 Å². The first-order chi connectivity index (χ1) is 16.3. The Balaban J connectivity index is 1.80. The maximum atomic E-state index is 12.6. The minimum absolute atomic E-state index is 0.162. The van der Waals surface area contributed by atoms with E-state index in [4.69, 9.17) is 27.9 Å². The van der Waals surface area contributed by atoms with Gasteiger partial charge in [0.2, 0.25) is 0 Å². The van der Waals surface area contributed by atoms with E-state index in [9.17, 15) is 14.9 Å². The van der Waals surface area contributed by atoms with E-state index in [1.54, 1.807) is 60.7 Å². The zero-order chi connectivity index (χ0) is 24.7. The van der Waals surface area contributed by atoms with Gasteiger partial charge in [0.05, 0.1) is 15.2 Å². The fraction of sp³-hybridized carbons (Fsp3) is 0.0417. The monoisotopic (exact) mass is 621 g/mol. The lowest BCUT2D eigenvalue weighted by Gasteiger charge is -2.13. The molecule has 3 aromatic rings. The highest BCUT2D eigenvalue weighted by atomic mass is 79.9. The molecule has 0 bridgehead atoms. The van der Waals surface area contributed by atoms with Gasteiger partial charge in [-0.1, -0.05) is 51.3 Å². The number of halogens is 4. The van der Waals surface area contributed by atoms with Crippen molar-refractivity contribution in [2.24, 2.45) is 0 Å². The Labute approximate surface area is 222 Å². The van der Waals surface area contributed by atoms with Crippen molar-refractivity contribution < 1.29 is 14.3 Å². The molecular weight excluding hydrogens is 609 g/mol. The predicted molar refractivity (Wildman–Crippen MR) is 141 cm³/mol. The van der Waals surface area contributed by atoms with Crippen LogP contribution in [0.5, 0.6) is 5.75 Å². The summed E-state index contributed by atoms with van der Waals surface area (Å²) in [7, 11) is 0. The van der Waals surface area contributed by atoms with E-state index in [-0.39, 0.29) is 17.9 Å². The Bertz CT molecular complexity index is 1310. The van der Waals surface area contributed by atoms with E-state index in [2.05, 4.69) is 42.5 Å². The average Bonchev–Trinajstić information content (AvgIpc) is 2.79. The van der Waals surface area contributed by atoms with Crippen LogP contribution < -0.4 is 15.4 Å². The maximum Gasteiger partial charge on any atom is 0.266 e. The second-order valence-electron chi connectivity index (χ2n) is 6.75. The summed E-state index contributed by atoms with van der Waals surface area (Å²) >= 11 is 18.7. The van der Waals surface area contributed by atoms with Gasteiger partial charge in [-0.15, -0.1) is 0 Å². The number of para-hydroxylation sites is 1. The molecule has 0 saturated heterocycles. The molecule has 172 valence electrons. The number of hydrogen-bond acceptors (Lipinski definition) is 4. The fourth-order valence-corrected chi connectivity index (χ4v) is 4.44. The Morgan fingerprint density at radius 3 is 2.41 bits per heavy atom. The van der Waals surface area contributed by atoms with Crippen molar-refractivity contribution in [2.75, 3.05) is 17.2 Å². The molecule has 6 nitrogen and oxygen atoms in total. The van der Waals surface area contributed by atoms with Gasteiger partial charge in [-0.05, 0) is 70.5 Å². The second kappa shape index (κ2) is 12.0. The number of nitrogens with zero attached hydrogens (tertiary/aromatic N) is 1. The summed E-state index contributed by atoms with van der Waals surface area (Å²) in [5.74, 6) is -0.758. The van der Waals surface area contributed by atoms with Gasteiger partial charge >= 0.3 is 0 Å². The van der Waals surface area contributed by atoms with Crippen LogP contribution in [0.25, 0.3) is 6.08 Å². The Kier molecular flexibility index (Phi) is 9.13. The number of anilines is 2. The van der Waals surface area contributed by atoms with Crippen LogP contribution in [0.1, 0.15) is 5.56 Å². The van der Waals surface area contributed by atoms with Crippen LogP contribution in [-0.4, -0.2) is 18.4 Å². The molecule has 0 fully saturated rings. The van der Waals surface area contributed by atoms with Crippen LogP contribution in [0.4, 0.5) is 11.4 Å². The smallest absolute Gasteiger partial charge is 0.266 e. The summed E-state index contributed by atoms with van der Waals surface area (Å²) in [5, 5.41) is 15.8. The standard InChI is InChI=1S/C24H15Br2Cl2N3O3/c25-16-10-14(9-15(12-29)24(33)30-18-7-5-17(27)6-8-18)23(19(26)11-16)34-13-22(32)31-21-4-2-1-3-20(21)28/h1-11H,13H2,(H,30,33)(H,31,32)/b15-9-. The van der Waals surface area contributed by atoms with E-state index in [0.29, 0.717) is 35.9 Å². The molecule has 2 amide bonds. The van der Waals surface area contributed by atoms with Crippen molar-refractivity contribution in [1.29, 1.82) is 5.26 Å². The summed E-state index contributed by atoms with van der Waals surface area (Å²) < 4.78 is 6.93. The van der Waals surface area contributed by atoms with Crippen molar-refractivity contribution in [3.8, 4) is 11.8 Å². The summed E-state index contributed by atoms with van der Waals surface area (Å²) in [6.45, 7) is -0.328. The number of ether oxygens (including phenoxy) is 1. The third-order valence-corrected chi connectivity index (χ3v) is 5.93. The van der Waals surface area contributed by atoms with Gasteiger partial charge in [0, 0.05) is 20.7 Å². The zero-order valence-electron chi connectivity index (χ0n) is 17.2. The van der Waals surface area contributed by atoms with Crippen LogP contribution in [0.15, 0.2) is 75.2 Å². The molecule has 3 aromatic carbocycles. The van der Waals surface area contributed by atoms with Gasteiger partial charge in [-0.25, -0.2) is 0 Å². The summed E-state index contributed by atoms with van der Waals surface area (Å²) in [6.07, 6.45) is 1.38. The Hall–Kier alpha value is -2.83. The molecule has 3 rings (SSSR count). The molecule has 0 saturated carbocycles. The van der Waals surface area contributed by atoms with Crippen molar-refractivity contribution in [2.45, 2.75) is 0 Å². The summed E-state index contributed by atoms with van der Waals surface area (Å²) in [6, 6.07) is 18.6. The van der Waals surface area contributed by atoms with Gasteiger partial charge in [-0.3, -0.25) is 9.59 Å². The minimum atomic E-state index is -0.608. The summed E-state index contributed by atoms with van der Waals surface area (Å²) in [4.78, 5) is 25.0. The molecule has 0 spiro atoms. The molecular formula is C24H15Br2Cl2N3O3. The second-order valence-corrected chi connectivity index (χ2v) is 9.37. The van der Waals surface area contributed by atoms with Gasteiger partial charge in [0.15, 0.2) is 6.61 Å². The number of nitrogens with one attached hydrogen (secondary N) is 2. The number of benzene rings is 3. The predicted octanol–water partition coefficient (Wildman–Crippen LogP) is 7.08. The maximum absolute atomic E-state index is 12.6. The lowest BCUT2D eigenvalue weighted by atomic mass is 10.1. The number of rotatable bonds is 7. The first kappa shape index (κ1) is 25.8. The molecule has 0 aromatic heterocycles. The highest BCUT2D eigenvalue weighted by Gasteiger charge is 2.16. The molecule has 2 N–H and O–H groups in total. The van der Waals surface area contributed by atoms with E-state index in [1.165, 1.54) is 6.08 Å². The first-order valence-corrected chi connectivity index (χ1v) is 12.0. The SMILES string of the molecule is N#C/C(=C/c1cc(Br)cc(Br)c1OCC(=O)Nc1ccccc1Cl)C(=O)Nc1ccc(Cl)cc1. The van der Waals surface area contributed by atoms with Crippen LogP contribution in [0.3, 0.4) is 0 Å². The normalized spacial score (nSPS) is 10.9. The lowest BCUT2D eigenvalue weighted by molar-refractivity contribution is -0.118. The van der Waals surface area contributed by atoms with E-state index in [0.717, 1.165) is 0 Å². The highest BCUT2D eigenvalue weighted by Crippen LogP contribution is 2.34. The minimum Gasteiger partial charge on any atom is -0.482 e. The Morgan fingerprint density at radius 1 is 1.03 bits per heavy atom. The highest BCUT2D eigenvalue weighted by molar-refractivity contribution is 9.11. The number of amides is 2. The van der Waals surface area contributed by atoms with Crippen LogP contribution >= 0.6 is 55.1 Å². The lowest BCUT2D eigenvalue weighted by Crippen LogP contribution is -2.20. The molecule has 10 heteroatoms. The van der Waals surface area contributed by atoms with E-state index < -0.39 is 11.8 Å². The quantitative estimate of drug-likeness (QED) is 0.217. The molecule has 0 aliphatic rings. The zero-order valence-corrected chi connectivity index (χ0v) is 21.9. The number of carbonyl (C=O) groups excluding carboxylic acids is 2. The van der Waals surface area contributed by atoms with E-state index >= 15 is 0 Å². The molecule has 0 radical (unpaired) electrons. The van der Waals surface area contributed by atoms with Crippen molar-refractivity contribution in [3.05, 3.63) is 90.8 Å². The van der Waals surface area contributed by atoms with Crippen LogP contribution in [0, 0.1) is 11.3 Å². The van der Waals surface area contributed by atoms with Crippen molar-refractivity contribution in [3.63, 3.8) is 0 Å². The summed E-state index contributed by atoms with van der Waals surface area (Å²) in [5.41, 5.74) is 1.19. The number of carbonyl (C=O) groups is 2. The van der Waals surface area contributed by atoms with Crippen molar-refractivity contribution >= 4 is 84.3 Å². The fourth-order valence-electron chi connectivity index (χ4n) is 2.76. The molecule has 0 aliphatic heterocycles. The molecule has 34 heavy (non-hydrogen) atoms. The molecule has 0 aliphatic carbocycles. The molecule has 0 heterocycles. The van der Waals surface area contributed by atoms with Gasteiger partial charge in [0.25, 0.3) is 11.8 Å². The third-order valence-electron chi connectivity index (χ3n) is 4.30. The topological polar surface area (TPSA) is 91.2 Å². The van der Waals surface area contributed by atoms with Crippen LogP contribution in [-0.2, 0) is 9.59 Å². The van der Waals surface area contributed by atoms with Gasteiger partial charge in [-0.2, -0.15) is 5.26 Å². The van der Waals surface area contributed by atoms with Gasteiger partial charge in [0.1, 0.15) is 17.4 Å². The van der Waals surface area contributed by atoms with Gasteiger partial charge < -0.3 is 15.4 Å². The largest absolute Gasteiger partial charge is 0.482 e. The molecule has 0 atom stereocenters. The first-order valence-electron chi connectivity index (χ1n) is 9.61. The average molecular weight is 624 g/mol. The number of hydrogen-bond donors (Lipinski definition) is 2. The third kappa shape index (κ3) is 7.08. The Morgan fingerprint density at radius 2 is 1.74 bits per heavy atom.